The second kappa shape index (κ2) is 8.64. The number of nitro groups is 1. The van der Waals surface area contributed by atoms with E-state index in [1.54, 1.807) is 4.57 Å². The first-order valence-electron chi connectivity index (χ1n) is 9.44. The number of carbonyl (C=O) groups excluding carboxylic acids is 1. The number of azo groups is 1. The van der Waals surface area contributed by atoms with E-state index in [-0.39, 0.29) is 22.8 Å². The molecule has 0 bridgehead atoms. The summed E-state index contributed by atoms with van der Waals surface area (Å²) < 4.78 is 1.77. The fraction of sp³-hybridized carbons (Fsp3) is 0.286. The number of aromatic hydroxyl groups is 1. The summed E-state index contributed by atoms with van der Waals surface area (Å²) in [6.45, 7) is 4.67. The molecular formula is C21H22N4O4. The molecule has 3 rings (SSSR count). The molecule has 0 saturated carbocycles. The van der Waals surface area contributed by atoms with Crippen LogP contribution in [0.15, 0.2) is 52.7 Å². The summed E-state index contributed by atoms with van der Waals surface area (Å²) in [6.07, 6.45) is 3.00. The van der Waals surface area contributed by atoms with Gasteiger partial charge in [-0.2, -0.15) is 0 Å². The van der Waals surface area contributed by atoms with Gasteiger partial charge in [-0.25, -0.2) is 0 Å². The van der Waals surface area contributed by atoms with Crippen LogP contribution in [0, 0.1) is 17.0 Å². The first-order chi connectivity index (χ1) is 13.9. The van der Waals surface area contributed by atoms with Crippen LogP contribution >= 0.6 is 0 Å². The van der Waals surface area contributed by atoms with Gasteiger partial charge in [0.2, 0.25) is 5.88 Å². The average Bonchev–Trinajstić information content (AvgIpc) is 2.96. The molecule has 29 heavy (non-hydrogen) atoms. The highest BCUT2D eigenvalue weighted by atomic mass is 16.6. The predicted octanol–water partition coefficient (Wildman–Crippen LogP) is 5.68. The first-order valence-corrected chi connectivity index (χ1v) is 9.44. The minimum atomic E-state index is -0.715. The second-order valence-corrected chi connectivity index (χ2v) is 6.86. The molecule has 0 spiro atoms. The van der Waals surface area contributed by atoms with Crippen LogP contribution in [0.2, 0.25) is 0 Å². The summed E-state index contributed by atoms with van der Waals surface area (Å²) in [5.74, 6) is -0.759. The van der Waals surface area contributed by atoms with Crippen LogP contribution < -0.4 is 0 Å². The average molecular weight is 394 g/mol. The Morgan fingerprint density at radius 2 is 2.00 bits per heavy atom. The van der Waals surface area contributed by atoms with Gasteiger partial charge in [-0.1, -0.05) is 37.5 Å². The molecule has 1 amide bonds. The number of fused-ring (bicyclic) bond motifs is 1. The van der Waals surface area contributed by atoms with E-state index in [2.05, 4.69) is 17.2 Å². The van der Waals surface area contributed by atoms with E-state index in [1.807, 2.05) is 25.1 Å². The molecule has 8 nitrogen and oxygen atoms in total. The van der Waals surface area contributed by atoms with Crippen LogP contribution in [-0.4, -0.2) is 20.5 Å². The lowest BCUT2D eigenvalue weighted by atomic mass is 10.1. The van der Waals surface area contributed by atoms with Crippen molar-refractivity contribution in [1.82, 2.24) is 4.57 Å². The topological polar surface area (TPSA) is 110 Å². The van der Waals surface area contributed by atoms with Gasteiger partial charge in [0.1, 0.15) is 0 Å². The van der Waals surface area contributed by atoms with E-state index in [0.717, 1.165) is 36.4 Å². The fourth-order valence-electron chi connectivity index (χ4n) is 3.19. The zero-order valence-corrected chi connectivity index (χ0v) is 16.3. The lowest BCUT2D eigenvalue weighted by molar-refractivity contribution is -0.384. The van der Waals surface area contributed by atoms with Crippen molar-refractivity contribution in [3.8, 4) is 5.88 Å². The SMILES string of the molecule is CCCCCn1c(O)c(N=NC(=O)c2cccc([N+](=O)[O-])c2)c2cc(C)ccc21. The maximum Gasteiger partial charge on any atom is 0.295 e. The van der Waals surface area contributed by atoms with Crippen molar-refractivity contribution in [1.29, 1.82) is 0 Å². The molecule has 0 atom stereocenters. The molecule has 2 aromatic carbocycles. The van der Waals surface area contributed by atoms with Gasteiger partial charge in [0.25, 0.3) is 11.6 Å². The quantitative estimate of drug-likeness (QED) is 0.240. The predicted molar refractivity (Wildman–Crippen MR) is 110 cm³/mol. The third-order valence-electron chi connectivity index (χ3n) is 4.70. The Hall–Kier alpha value is -3.55. The normalized spacial score (nSPS) is 11.4. The Bertz CT molecular complexity index is 1100. The largest absolute Gasteiger partial charge is 0.493 e. The number of non-ortho nitro benzene ring substituents is 1. The van der Waals surface area contributed by atoms with Crippen molar-refractivity contribution in [3.05, 3.63) is 63.7 Å². The van der Waals surface area contributed by atoms with Gasteiger partial charge in [0.05, 0.1) is 16.0 Å². The van der Waals surface area contributed by atoms with Crippen LogP contribution in [0.5, 0.6) is 5.88 Å². The fourth-order valence-corrected chi connectivity index (χ4v) is 3.19. The number of aromatic nitrogens is 1. The number of hydrogen-bond donors (Lipinski definition) is 1. The lowest BCUT2D eigenvalue weighted by Crippen LogP contribution is -1.97. The highest BCUT2D eigenvalue weighted by Crippen LogP contribution is 2.39. The molecule has 8 heteroatoms. The van der Waals surface area contributed by atoms with E-state index >= 15 is 0 Å². The minimum Gasteiger partial charge on any atom is -0.493 e. The minimum absolute atomic E-state index is 0.0442. The summed E-state index contributed by atoms with van der Waals surface area (Å²) in [7, 11) is 0. The smallest absolute Gasteiger partial charge is 0.295 e. The second-order valence-electron chi connectivity index (χ2n) is 6.86. The maximum absolute atomic E-state index is 12.4. The molecule has 0 aliphatic carbocycles. The molecule has 0 unspecified atom stereocenters. The summed E-state index contributed by atoms with van der Waals surface area (Å²) >= 11 is 0. The molecule has 1 aromatic heterocycles. The zero-order valence-electron chi connectivity index (χ0n) is 16.3. The number of amides is 1. The van der Waals surface area contributed by atoms with E-state index < -0.39 is 10.8 Å². The number of aryl methyl sites for hydroxylation is 2. The zero-order chi connectivity index (χ0) is 21.0. The Balaban J connectivity index is 1.97. The molecule has 0 aliphatic heterocycles. The number of hydrogen-bond acceptors (Lipinski definition) is 5. The van der Waals surface area contributed by atoms with Crippen LogP contribution in [0.4, 0.5) is 11.4 Å². The summed E-state index contributed by atoms with van der Waals surface area (Å²) in [5, 5.41) is 30.0. The molecule has 0 aliphatic rings. The molecule has 150 valence electrons. The van der Waals surface area contributed by atoms with Gasteiger partial charge in [-0.05, 0) is 31.5 Å². The summed E-state index contributed by atoms with van der Waals surface area (Å²) in [4.78, 5) is 22.7. The lowest BCUT2D eigenvalue weighted by Gasteiger charge is -2.06. The van der Waals surface area contributed by atoms with E-state index in [4.69, 9.17) is 0 Å². The van der Waals surface area contributed by atoms with Crippen LogP contribution in [0.3, 0.4) is 0 Å². The summed E-state index contributed by atoms with van der Waals surface area (Å²) in [6, 6.07) is 11.1. The Morgan fingerprint density at radius 1 is 1.21 bits per heavy atom. The number of unbranched alkanes of at least 4 members (excludes halogenated alkanes) is 2. The molecule has 0 fully saturated rings. The number of nitrogens with zero attached hydrogens (tertiary/aromatic N) is 4. The number of carbonyl (C=O) groups is 1. The van der Waals surface area contributed by atoms with Gasteiger partial charge in [0.15, 0.2) is 5.69 Å². The number of nitro benzene ring substituents is 1. The van der Waals surface area contributed by atoms with Crippen molar-refractivity contribution in [3.63, 3.8) is 0 Å². The van der Waals surface area contributed by atoms with Crippen molar-refractivity contribution in [2.45, 2.75) is 39.7 Å². The van der Waals surface area contributed by atoms with Crippen molar-refractivity contribution >= 4 is 28.2 Å². The molecule has 1 N–H and O–H groups in total. The Kier molecular flexibility index (Phi) is 6.01. The van der Waals surface area contributed by atoms with Gasteiger partial charge < -0.3 is 9.67 Å². The van der Waals surface area contributed by atoms with Crippen molar-refractivity contribution in [2.75, 3.05) is 0 Å². The van der Waals surface area contributed by atoms with E-state index in [1.165, 1.54) is 18.2 Å². The highest BCUT2D eigenvalue weighted by Gasteiger charge is 2.18. The van der Waals surface area contributed by atoms with E-state index in [0.29, 0.717) is 11.9 Å². The van der Waals surface area contributed by atoms with Gasteiger partial charge in [-0.15, -0.1) is 10.2 Å². The van der Waals surface area contributed by atoms with Crippen LogP contribution in [0.25, 0.3) is 10.9 Å². The third-order valence-corrected chi connectivity index (χ3v) is 4.70. The molecular weight excluding hydrogens is 372 g/mol. The molecule has 0 radical (unpaired) electrons. The standard InChI is InChI=1S/C21H22N4O4/c1-3-4-5-11-24-18-10-9-14(2)12-17(18)19(21(24)27)22-23-20(26)15-7-6-8-16(13-15)25(28)29/h6-10,12-13,27H,3-5,11H2,1-2H3. The maximum atomic E-state index is 12.4. The highest BCUT2D eigenvalue weighted by molar-refractivity contribution is 5.97. The van der Waals surface area contributed by atoms with E-state index in [9.17, 15) is 20.0 Å². The van der Waals surface area contributed by atoms with Gasteiger partial charge in [-0.3, -0.25) is 14.9 Å². The van der Waals surface area contributed by atoms with Crippen molar-refractivity contribution < 1.29 is 14.8 Å². The number of rotatable bonds is 7. The van der Waals surface area contributed by atoms with Gasteiger partial charge >= 0.3 is 0 Å². The number of benzene rings is 2. The van der Waals surface area contributed by atoms with Crippen molar-refractivity contribution in [2.24, 2.45) is 10.2 Å². The van der Waals surface area contributed by atoms with Crippen LogP contribution in [0.1, 0.15) is 42.1 Å². The molecule has 3 aromatic rings. The molecule has 0 saturated heterocycles. The summed E-state index contributed by atoms with van der Waals surface area (Å²) in [5.41, 5.74) is 1.90. The van der Waals surface area contributed by atoms with Crippen LogP contribution in [-0.2, 0) is 6.54 Å². The van der Waals surface area contributed by atoms with Gasteiger partial charge in [0, 0.05) is 24.1 Å². The Labute approximate surface area is 167 Å². The molecule has 1 heterocycles. The third kappa shape index (κ3) is 4.31. The monoisotopic (exact) mass is 394 g/mol. The first kappa shape index (κ1) is 20.2. The Morgan fingerprint density at radius 3 is 2.72 bits per heavy atom.